The minimum absolute atomic E-state index is 0.0675. The van der Waals surface area contributed by atoms with E-state index in [1.807, 2.05) is 0 Å². The van der Waals surface area contributed by atoms with Crippen molar-refractivity contribution in [2.75, 3.05) is 0 Å². The van der Waals surface area contributed by atoms with Crippen molar-refractivity contribution in [2.45, 2.75) is 174 Å². The van der Waals surface area contributed by atoms with E-state index in [1.165, 1.54) is 44.9 Å². The standard InChI is InChI=1S/C37H64O4/c1-3-5-7-9-11-13-14-15-16-18-20-26-30-34-37(40)41-35(31-27-23-19-17-12-10-8-6-4-2)32-28-24-21-22-25-29-33-36(38)39/h5,7,11,13,15-16,27,31,35H,3-4,6,8-10,12,14,17-26,28-30,32-34H2,1-2H3,(H,38,39)/b7-5-,13-11-,16-15-,31-27-. The molecule has 0 aromatic rings. The number of ether oxygens (including phenoxy) is 1. The second kappa shape index (κ2) is 32.4. The molecule has 41 heavy (non-hydrogen) atoms. The summed E-state index contributed by atoms with van der Waals surface area (Å²) in [6.07, 6.45) is 42.7. The van der Waals surface area contributed by atoms with Crippen LogP contribution in [-0.4, -0.2) is 23.1 Å². The zero-order chi connectivity index (χ0) is 30.1. The van der Waals surface area contributed by atoms with Gasteiger partial charge in [0.1, 0.15) is 6.10 Å². The van der Waals surface area contributed by atoms with Crippen molar-refractivity contribution in [1.29, 1.82) is 0 Å². The molecule has 1 atom stereocenters. The van der Waals surface area contributed by atoms with Gasteiger partial charge in [-0.2, -0.15) is 0 Å². The summed E-state index contributed by atoms with van der Waals surface area (Å²) in [5.41, 5.74) is 0. The van der Waals surface area contributed by atoms with Crippen molar-refractivity contribution >= 4 is 11.9 Å². The Morgan fingerprint density at radius 1 is 0.585 bits per heavy atom. The highest BCUT2D eigenvalue weighted by Crippen LogP contribution is 2.15. The molecule has 4 nitrogen and oxygen atoms in total. The van der Waals surface area contributed by atoms with Crippen LogP contribution in [0.1, 0.15) is 168 Å². The summed E-state index contributed by atoms with van der Waals surface area (Å²) in [7, 11) is 0. The van der Waals surface area contributed by atoms with Crippen LogP contribution in [0.5, 0.6) is 0 Å². The van der Waals surface area contributed by atoms with Crippen molar-refractivity contribution in [3.05, 3.63) is 48.6 Å². The van der Waals surface area contributed by atoms with Gasteiger partial charge < -0.3 is 9.84 Å². The van der Waals surface area contributed by atoms with Gasteiger partial charge in [-0.05, 0) is 76.7 Å². The lowest BCUT2D eigenvalue weighted by Gasteiger charge is -2.15. The largest absolute Gasteiger partial charge is 0.481 e. The Kier molecular flexibility index (Phi) is 30.8. The zero-order valence-corrected chi connectivity index (χ0v) is 26.8. The summed E-state index contributed by atoms with van der Waals surface area (Å²) in [6.45, 7) is 4.41. The fourth-order valence-corrected chi connectivity index (χ4v) is 4.75. The maximum absolute atomic E-state index is 12.5. The molecule has 0 saturated heterocycles. The molecule has 0 aliphatic carbocycles. The quantitative estimate of drug-likeness (QED) is 0.0528. The van der Waals surface area contributed by atoms with Crippen LogP contribution in [0.25, 0.3) is 0 Å². The molecule has 0 heterocycles. The molecule has 0 aromatic heterocycles. The Labute approximate surface area is 253 Å². The molecule has 0 rings (SSSR count). The number of hydrogen-bond acceptors (Lipinski definition) is 3. The van der Waals surface area contributed by atoms with Crippen LogP contribution < -0.4 is 0 Å². The maximum atomic E-state index is 12.5. The highest BCUT2D eigenvalue weighted by molar-refractivity contribution is 5.69. The van der Waals surface area contributed by atoms with Crippen LogP contribution >= 0.6 is 0 Å². The van der Waals surface area contributed by atoms with E-state index in [-0.39, 0.29) is 18.5 Å². The van der Waals surface area contributed by atoms with Crippen LogP contribution in [0.2, 0.25) is 0 Å². The monoisotopic (exact) mass is 572 g/mol. The third-order valence-corrected chi connectivity index (χ3v) is 7.27. The summed E-state index contributed by atoms with van der Waals surface area (Å²) >= 11 is 0. The summed E-state index contributed by atoms with van der Waals surface area (Å²) in [6, 6.07) is 0. The average Bonchev–Trinajstić information content (AvgIpc) is 2.95. The van der Waals surface area contributed by atoms with Gasteiger partial charge in [0, 0.05) is 12.8 Å². The van der Waals surface area contributed by atoms with Gasteiger partial charge in [0.05, 0.1) is 0 Å². The van der Waals surface area contributed by atoms with Gasteiger partial charge in [-0.15, -0.1) is 0 Å². The van der Waals surface area contributed by atoms with Crippen LogP contribution in [0.4, 0.5) is 0 Å². The fraction of sp³-hybridized carbons (Fsp3) is 0.730. The normalized spacial score (nSPS) is 12.8. The highest BCUT2D eigenvalue weighted by Gasteiger charge is 2.11. The van der Waals surface area contributed by atoms with Crippen molar-refractivity contribution < 1.29 is 19.4 Å². The molecule has 1 unspecified atom stereocenters. The number of aliphatic carboxylic acids is 1. The summed E-state index contributed by atoms with van der Waals surface area (Å²) < 4.78 is 5.88. The molecular weight excluding hydrogens is 508 g/mol. The Hall–Kier alpha value is -2.10. The molecule has 4 heteroatoms. The third-order valence-electron chi connectivity index (χ3n) is 7.27. The van der Waals surface area contributed by atoms with Gasteiger partial charge in [-0.1, -0.05) is 127 Å². The number of carbonyl (C=O) groups is 2. The number of rotatable bonds is 30. The molecule has 0 fully saturated rings. The molecule has 0 saturated carbocycles. The minimum atomic E-state index is -0.704. The lowest BCUT2D eigenvalue weighted by molar-refractivity contribution is -0.147. The molecule has 0 bridgehead atoms. The Morgan fingerprint density at radius 2 is 1.10 bits per heavy atom. The SMILES string of the molecule is CC/C=C\C/C=C\C/C=C\CCCCCC(=O)OC(/C=C\CCCCCCCCC)CCCCCCCCC(=O)O. The number of allylic oxidation sites excluding steroid dienone is 7. The molecule has 1 N–H and O–H groups in total. The zero-order valence-electron chi connectivity index (χ0n) is 26.8. The van der Waals surface area contributed by atoms with Gasteiger partial charge in [0.15, 0.2) is 0 Å². The first-order chi connectivity index (χ1) is 20.1. The number of carboxylic acid groups (broad SMARTS) is 1. The van der Waals surface area contributed by atoms with Crippen LogP contribution in [0, 0.1) is 0 Å². The Balaban J connectivity index is 4.21. The van der Waals surface area contributed by atoms with E-state index in [9.17, 15) is 9.59 Å². The van der Waals surface area contributed by atoms with Gasteiger partial charge in [-0.3, -0.25) is 9.59 Å². The second-order valence-electron chi connectivity index (χ2n) is 11.3. The van der Waals surface area contributed by atoms with Gasteiger partial charge in [-0.25, -0.2) is 0 Å². The molecule has 0 radical (unpaired) electrons. The Morgan fingerprint density at radius 3 is 1.76 bits per heavy atom. The first-order valence-electron chi connectivity index (χ1n) is 17.1. The fourth-order valence-electron chi connectivity index (χ4n) is 4.75. The van der Waals surface area contributed by atoms with Crippen molar-refractivity contribution in [3.63, 3.8) is 0 Å². The van der Waals surface area contributed by atoms with E-state index in [0.29, 0.717) is 6.42 Å². The maximum Gasteiger partial charge on any atom is 0.306 e. The number of esters is 1. The summed E-state index contributed by atoms with van der Waals surface area (Å²) in [5.74, 6) is -0.772. The number of carbonyl (C=O) groups excluding carboxylic acids is 1. The topological polar surface area (TPSA) is 63.6 Å². The molecule has 0 spiro atoms. The summed E-state index contributed by atoms with van der Waals surface area (Å²) in [4.78, 5) is 23.2. The van der Waals surface area contributed by atoms with E-state index in [1.54, 1.807) is 0 Å². The van der Waals surface area contributed by atoms with Crippen molar-refractivity contribution in [3.8, 4) is 0 Å². The molecule has 0 amide bonds. The van der Waals surface area contributed by atoms with Gasteiger partial charge in [0.2, 0.25) is 0 Å². The molecule has 0 aliphatic heterocycles. The average molecular weight is 573 g/mol. The number of carboxylic acids is 1. The second-order valence-corrected chi connectivity index (χ2v) is 11.3. The number of unbranched alkanes of at least 4 members (excludes halogenated alkanes) is 15. The summed E-state index contributed by atoms with van der Waals surface area (Å²) in [5, 5.41) is 8.75. The molecule has 0 aromatic carbocycles. The molecule has 236 valence electrons. The van der Waals surface area contributed by atoms with Crippen LogP contribution in [0.15, 0.2) is 48.6 Å². The van der Waals surface area contributed by atoms with Gasteiger partial charge >= 0.3 is 11.9 Å². The van der Waals surface area contributed by atoms with Crippen LogP contribution in [-0.2, 0) is 14.3 Å². The molecular formula is C37H64O4. The van der Waals surface area contributed by atoms with Crippen LogP contribution in [0.3, 0.4) is 0 Å². The third kappa shape index (κ3) is 32.3. The first-order valence-corrected chi connectivity index (χ1v) is 17.1. The predicted molar refractivity (Wildman–Crippen MR) is 176 cm³/mol. The number of hydrogen-bond donors (Lipinski definition) is 1. The van der Waals surface area contributed by atoms with Crippen molar-refractivity contribution in [1.82, 2.24) is 0 Å². The van der Waals surface area contributed by atoms with Crippen molar-refractivity contribution in [2.24, 2.45) is 0 Å². The smallest absolute Gasteiger partial charge is 0.306 e. The van der Waals surface area contributed by atoms with E-state index in [0.717, 1.165) is 96.3 Å². The minimum Gasteiger partial charge on any atom is -0.481 e. The predicted octanol–water partition coefficient (Wildman–Crippen LogP) is 11.6. The van der Waals surface area contributed by atoms with Gasteiger partial charge in [0.25, 0.3) is 0 Å². The van der Waals surface area contributed by atoms with E-state index < -0.39 is 5.97 Å². The van der Waals surface area contributed by atoms with E-state index in [2.05, 4.69) is 62.5 Å². The lowest BCUT2D eigenvalue weighted by atomic mass is 10.0. The lowest BCUT2D eigenvalue weighted by Crippen LogP contribution is -2.16. The van der Waals surface area contributed by atoms with E-state index >= 15 is 0 Å². The first kappa shape index (κ1) is 38.9. The highest BCUT2D eigenvalue weighted by atomic mass is 16.5. The van der Waals surface area contributed by atoms with E-state index in [4.69, 9.17) is 9.84 Å². The molecule has 0 aliphatic rings. The Bertz CT molecular complexity index is 704.